The van der Waals surface area contributed by atoms with E-state index < -0.39 is 0 Å². The minimum atomic E-state index is -0.349. The Balaban J connectivity index is 1.71. The van der Waals surface area contributed by atoms with Crippen molar-refractivity contribution >= 4 is 17.8 Å². The Hall–Kier alpha value is -3.97. The number of carbonyl (C=O) groups excluding carboxylic acids is 2. The second-order valence-corrected chi connectivity index (χ2v) is 8.25. The van der Waals surface area contributed by atoms with Crippen LogP contribution >= 0.6 is 0 Å². The van der Waals surface area contributed by atoms with Gasteiger partial charge in [-0.05, 0) is 33.2 Å². The second-order valence-electron chi connectivity index (χ2n) is 8.25. The highest BCUT2D eigenvalue weighted by Gasteiger charge is 2.28. The van der Waals surface area contributed by atoms with Crippen molar-refractivity contribution in [2.45, 2.75) is 13.5 Å². The summed E-state index contributed by atoms with van der Waals surface area (Å²) in [5.74, 6) is 0.965. The summed E-state index contributed by atoms with van der Waals surface area (Å²) in [6.07, 6.45) is 2.41. The molecule has 7 heteroatoms. The van der Waals surface area contributed by atoms with E-state index in [0.717, 1.165) is 17.8 Å². The molecule has 1 aromatic heterocycles. The fraction of sp³-hybridized carbons (Fsp3) is 0.222. The van der Waals surface area contributed by atoms with Crippen molar-refractivity contribution in [1.29, 1.82) is 0 Å². The summed E-state index contributed by atoms with van der Waals surface area (Å²) >= 11 is 0. The van der Waals surface area contributed by atoms with E-state index in [4.69, 9.17) is 9.47 Å². The van der Waals surface area contributed by atoms with Crippen LogP contribution in [0.1, 0.15) is 33.2 Å². The summed E-state index contributed by atoms with van der Waals surface area (Å²) < 4.78 is 11.9. The summed E-state index contributed by atoms with van der Waals surface area (Å²) in [6.45, 7) is 3.66. The predicted molar refractivity (Wildman–Crippen MR) is 130 cm³/mol. The van der Waals surface area contributed by atoms with Gasteiger partial charge in [-0.15, -0.1) is 0 Å². The minimum absolute atomic E-state index is 0.172. The van der Waals surface area contributed by atoms with Crippen LogP contribution in [0.4, 0.5) is 5.69 Å². The molecule has 4 rings (SSSR count). The molecule has 0 fully saturated rings. The third-order valence-electron chi connectivity index (χ3n) is 5.61. The normalized spacial score (nSPS) is 13.2. The van der Waals surface area contributed by atoms with E-state index in [1.165, 1.54) is 0 Å². The van der Waals surface area contributed by atoms with Crippen molar-refractivity contribution in [1.82, 2.24) is 9.88 Å². The molecule has 0 unspecified atom stereocenters. The molecule has 0 bridgehead atoms. The molecule has 0 amide bonds. The number of aldehydes is 1. The molecule has 34 heavy (non-hydrogen) atoms. The molecule has 1 aliphatic rings. The first-order valence-electron chi connectivity index (χ1n) is 11.0. The van der Waals surface area contributed by atoms with Gasteiger partial charge < -0.3 is 19.3 Å². The molecule has 0 N–H and O–H groups in total. The highest BCUT2D eigenvalue weighted by molar-refractivity contribution is 6.12. The molecule has 0 saturated heterocycles. The van der Waals surface area contributed by atoms with Gasteiger partial charge in [0.1, 0.15) is 12.4 Å². The lowest BCUT2D eigenvalue weighted by molar-refractivity contribution is 0.0977. The summed E-state index contributed by atoms with van der Waals surface area (Å²) in [4.78, 5) is 33.6. The highest BCUT2D eigenvalue weighted by Crippen LogP contribution is 2.34. The van der Waals surface area contributed by atoms with Crippen molar-refractivity contribution in [3.05, 3.63) is 95.0 Å². The maximum absolute atomic E-state index is 13.5. The van der Waals surface area contributed by atoms with Gasteiger partial charge in [-0.3, -0.25) is 9.59 Å². The molecule has 0 radical (unpaired) electrons. The first-order chi connectivity index (χ1) is 16.5. The lowest BCUT2D eigenvalue weighted by atomic mass is 10.0. The Morgan fingerprint density at radius 3 is 2.62 bits per heavy atom. The van der Waals surface area contributed by atoms with Crippen molar-refractivity contribution in [3.63, 3.8) is 0 Å². The summed E-state index contributed by atoms with van der Waals surface area (Å²) in [5, 5.41) is 0. The number of carbonyl (C=O) groups is 2. The lowest BCUT2D eigenvalue weighted by Crippen LogP contribution is -2.23. The summed E-state index contributed by atoms with van der Waals surface area (Å²) in [5.41, 5.74) is 2.98. The Kier molecular flexibility index (Phi) is 7.04. The van der Waals surface area contributed by atoms with Crippen molar-refractivity contribution in [3.8, 4) is 11.6 Å². The van der Waals surface area contributed by atoms with Gasteiger partial charge in [0, 0.05) is 29.3 Å². The second kappa shape index (κ2) is 10.3. The molecule has 7 nitrogen and oxygen atoms in total. The number of nitrogens with zero attached hydrogens (tertiary/aromatic N) is 3. The van der Waals surface area contributed by atoms with E-state index in [1.54, 1.807) is 30.5 Å². The third kappa shape index (κ3) is 5.00. The average molecular weight is 458 g/mol. The van der Waals surface area contributed by atoms with E-state index in [-0.39, 0.29) is 11.5 Å². The number of anilines is 1. The number of ketones is 1. The average Bonchev–Trinajstić information content (AvgIpc) is 3.00. The van der Waals surface area contributed by atoms with Crippen LogP contribution in [0.15, 0.2) is 78.3 Å². The molecule has 3 aromatic rings. The molecule has 174 valence electrons. The van der Waals surface area contributed by atoms with Crippen LogP contribution in [0, 0.1) is 0 Å². The first-order valence-corrected chi connectivity index (χ1v) is 11.0. The van der Waals surface area contributed by atoms with Gasteiger partial charge in [0.2, 0.25) is 11.7 Å². The lowest BCUT2D eigenvalue weighted by Gasteiger charge is -2.24. The number of pyridine rings is 1. The number of ether oxygens (including phenoxy) is 2. The molecule has 1 aliphatic heterocycles. The van der Waals surface area contributed by atoms with Gasteiger partial charge >= 0.3 is 0 Å². The Bertz CT molecular complexity index is 1220. The Labute approximate surface area is 199 Å². The number of likely N-dealkylation sites (N-methyl/N-ethyl adjacent to an activating group) is 1. The fourth-order valence-electron chi connectivity index (χ4n) is 3.70. The molecular weight excluding hydrogens is 430 g/mol. The standard InChI is InChI=1S/C27H27N3O4/c1-19-27(26(32)23-10-6-4-9-21(23)18-31)34-24-11-7-5-8-20(24)17-30(19)22-12-13-25(28-16-22)33-15-14-29(2)3/h4-13,16,18H,14-15,17H2,1-3H3. The predicted octanol–water partition coefficient (Wildman–Crippen LogP) is 4.35. The molecular formula is C27H27N3O4. The van der Waals surface area contributed by atoms with Crippen molar-refractivity contribution in [2.24, 2.45) is 0 Å². The zero-order chi connectivity index (χ0) is 24.1. The van der Waals surface area contributed by atoms with E-state index in [2.05, 4.69) is 4.98 Å². The topological polar surface area (TPSA) is 72.0 Å². The first kappa shape index (κ1) is 23.2. The van der Waals surface area contributed by atoms with E-state index in [0.29, 0.717) is 47.9 Å². The van der Waals surface area contributed by atoms with E-state index in [1.807, 2.05) is 67.2 Å². The fourth-order valence-corrected chi connectivity index (χ4v) is 3.70. The van der Waals surface area contributed by atoms with Crippen molar-refractivity contribution in [2.75, 3.05) is 32.1 Å². The number of para-hydroxylation sites is 1. The Morgan fingerprint density at radius 1 is 1.12 bits per heavy atom. The number of Topliss-reactive ketones (excluding diaryl/α,β-unsaturated/α-hetero) is 1. The zero-order valence-electron chi connectivity index (χ0n) is 19.5. The smallest absolute Gasteiger partial charge is 0.230 e. The molecule has 0 atom stereocenters. The SMILES string of the molecule is CC1=C(C(=O)c2ccccc2C=O)Oc2ccccc2CN1c1ccc(OCCN(C)C)nc1. The van der Waals surface area contributed by atoms with Gasteiger partial charge in [-0.1, -0.05) is 42.5 Å². The maximum atomic E-state index is 13.5. The van der Waals surface area contributed by atoms with E-state index >= 15 is 0 Å². The quantitative estimate of drug-likeness (QED) is 0.368. The largest absolute Gasteiger partial charge is 0.476 e. The monoisotopic (exact) mass is 457 g/mol. The number of aromatic nitrogens is 1. The molecule has 0 spiro atoms. The number of benzene rings is 2. The molecule has 2 aromatic carbocycles. The van der Waals surface area contributed by atoms with Crippen LogP contribution in [0.3, 0.4) is 0 Å². The van der Waals surface area contributed by atoms with Crippen LogP contribution in [0.5, 0.6) is 11.6 Å². The van der Waals surface area contributed by atoms with Gasteiger partial charge in [0.25, 0.3) is 0 Å². The van der Waals surface area contributed by atoms with Gasteiger partial charge in [-0.2, -0.15) is 0 Å². The Morgan fingerprint density at radius 2 is 1.88 bits per heavy atom. The van der Waals surface area contributed by atoms with Gasteiger partial charge in [-0.25, -0.2) is 4.98 Å². The molecule has 0 aliphatic carbocycles. The number of rotatable bonds is 8. The zero-order valence-corrected chi connectivity index (χ0v) is 19.5. The minimum Gasteiger partial charge on any atom is -0.476 e. The number of hydrogen-bond acceptors (Lipinski definition) is 7. The van der Waals surface area contributed by atoms with Crippen LogP contribution in [0.2, 0.25) is 0 Å². The number of hydrogen-bond donors (Lipinski definition) is 0. The van der Waals surface area contributed by atoms with E-state index in [9.17, 15) is 9.59 Å². The number of allylic oxidation sites excluding steroid dienone is 2. The molecule has 2 heterocycles. The maximum Gasteiger partial charge on any atom is 0.230 e. The third-order valence-corrected chi connectivity index (χ3v) is 5.61. The van der Waals surface area contributed by atoms with Crippen LogP contribution in [0.25, 0.3) is 0 Å². The summed E-state index contributed by atoms with van der Waals surface area (Å²) in [7, 11) is 3.97. The van der Waals surface area contributed by atoms with Crippen LogP contribution in [-0.2, 0) is 6.54 Å². The van der Waals surface area contributed by atoms with Gasteiger partial charge in [0.15, 0.2) is 12.0 Å². The number of fused-ring (bicyclic) bond motifs is 1. The van der Waals surface area contributed by atoms with Crippen LogP contribution in [-0.4, -0.2) is 49.2 Å². The van der Waals surface area contributed by atoms with Gasteiger partial charge in [0.05, 0.1) is 24.1 Å². The van der Waals surface area contributed by atoms with Crippen molar-refractivity contribution < 1.29 is 19.1 Å². The summed E-state index contributed by atoms with van der Waals surface area (Å²) in [6, 6.07) is 18.1. The molecule has 0 saturated carbocycles. The highest BCUT2D eigenvalue weighted by atomic mass is 16.5. The van der Waals surface area contributed by atoms with Crippen LogP contribution < -0.4 is 14.4 Å².